The van der Waals surface area contributed by atoms with Crippen LogP contribution in [0, 0.1) is 5.41 Å². The summed E-state index contributed by atoms with van der Waals surface area (Å²) in [6, 6.07) is -0.185. The van der Waals surface area contributed by atoms with Crippen LogP contribution in [0.4, 0.5) is 4.79 Å². The third kappa shape index (κ3) is 4.64. The van der Waals surface area contributed by atoms with Crippen molar-refractivity contribution in [2.75, 3.05) is 53.5 Å². The SMILES string of the molecule is COCCN(C)CCNC(=O)N1CCC(C)(C(=O)O)C1. The normalized spacial score (nSPS) is 22.3. The number of carboxylic acid groups (broad SMARTS) is 1. The molecule has 7 heteroatoms. The van der Waals surface area contributed by atoms with Gasteiger partial charge in [-0.2, -0.15) is 0 Å². The van der Waals surface area contributed by atoms with Crippen LogP contribution in [-0.2, 0) is 9.53 Å². The monoisotopic (exact) mass is 287 g/mol. The lowest BCUT2D eigenvalue weighted by Gasteiger charge is -2.21. The van der Waals surface area contributed by atoms with E-state index in [9.17, 15) is 9.59 Å². The topological polar surface area (TPSA) is 82.1 Å². The molecule has 1 aliphatic rings. The van der Waals surface area contributed by atoms with Gasteiger partial charge in [0.15, 0.2) is 0 Å². The summed E-state index contributed by atoms with van der Waals surface area (Å²) in [4.78, 5) is 26.7. The molecule has 0 spiro atoms. The molecule has 1 saturated heterocycles. The number of rotatable bonds is 7. The molecular weight excluding hydrogens is 262 g/mol. The number of ether oxygens (including phenoxy) is 1. The van der Waals surface area contributed by atoms with E-state index in [1.165, 1.54) is 0 Å². The Morgan fingerprint density at radius 1 is 1.45 bits per heavy atom. The van der Waals surface area contributed by atoms with Gasteiger partial charge in [-0.05, 0) is 20.4 Å². The van der Waals surface area contributed by atoms with Gasteiger partial charge in [-0.3, -0.25) is 4.79 Å². The van der Waals surface area contributed by atoms with Crippen molar-refractivity contribution in [1.82, 2.24) is 15.1 Å². The number of carbonyl (C=O) groups is 2. The Kier molecular flexibility index (Phi) is 6.22. The van der Waals surface area contributed by atoms with Gasteiger partial charge in [0, 0.05) is 39.8 Å². The predicted molar refractivity (Wildman–Crippen MR) is 74.7 cm³/mol. The molecule has 0 aromatic heterocycles. The predicted octanol–water partition coefficient (Wildman–Crippen LogP) is 0.0708. The van der Waals surface area contributed by atoms with Crippen LogP contribution in [0.3, 0.4) is 0 Å². The Balaban J connectivity index is 2.26. The van der Waals surface area contributed by atoms with E-state index in [4.69, 9.17) is 9.84 Å². The fourth-order valence-electron chi connectivity index (χ4n) is 2.13. The van der Waals surface area contributed by atoms with E-state index in [0.717, 1.165) is 13.1 Å². The van der Waals surface area contributed by atoms with Gasteiger partial charge in [0.2, 0.25) is 0 Å². The first-order chi connectivity index (χ1) is 9.39. The number of methoxy groups -OCH3 is 1. The van der Waals surface area contributed by atoms with Crippen molar-refractivity contribution in [1.29, 1.82) is 0 Å². The summed E-state index contributed by atoms with van der Waals surface area (Å²) in [6.07, 6.45) is 0.503. The standard InChI is InChI=1S/C13H25N3O4/c1-13(11(17)18)4-6-16(10-13)12(19)14-5-7-15(2)8-9-20-3/h4-10H2,1-3H3,(H,14,19)(H,17,18). The van der Waals surface area contributed by atoms with Gasteiger partial charge in [0.05, 0.1) is 12.0 Å². The fraction of sp³-hybridized carbons (Fsp3) is 0.846. The molecular formula is C13H25N3O4. The van der Waals surface area contributed by atoms with E-state index in [-0.39, 0.29) is 12.6 Å². The minimum Gasteiger partial charge on any atom is -0.481 e. The number of hydrogen-bond acceptors (Lipinski definition) is 4. The van der Waals surface area contributed by atoms with Gasteiger partial charge in [0.25, 0.3) is 0 Å². The molecule has 0 radical (unpaired) electrons. The average Bonchev–Trinajstić information content (AvgIpc) is 2.80. The zero-order chi connectivity index (χ0) is 15.2. The highest BCUT2D eigenvalue weighted by atomic mass is 16.5. The van der Waals surface area contributed by atoms with Crippen LogP contribution in [0.5, 0.6) is 0 Å². The van der Waals surface area contributed by atoms with Crippen LogP contribution in [-0.4, -0.2) is 80.4 Å². The molecule has 20 heavy (non-hydrogen) atoms. The van der Waals surface area contributed by atoms with Gasteiger partial charge < -0.3 is 25.0 Å². The van der Waals surface area contributed by atoms with Crippen LogP contribution in [0.1, 0.15) is 13.3 Å². The van der Waals surface area contributed by atoms with Crippen molar-refractivity contribution in [3.05, 3.63) is 0 Å². The molecule has 0 aromatic rings. The second-order valence-corrected chi connectivity index (χ2v) is 5.57. The smallest absolute Gasteiger partial charge is 0.317 e. The molecule has 2 amide bonds. The zero-order valence-corrected chi connectivity index (χ0v) is 12.5. The summed E-state index contributed by atoms with van der Waals surface area (Å²) in [5.74, 6) is -0.841. The minimum atomic E-state index is -0.841. The number of likely N-dealkylation sites (N-methyl/N-ethyl adjacent to an activating group) is 1. The quantitative estimate of drug-likeness (QED) is 0.692. The molecule has 0 aromatic carbocycles. The lowest BCUT2D eigenvalue weighted by molar-refractivity contribution is -0.146. The van der Waals surface area contributed by atoms with Gasteiger partial charge in [0.1, 0.15) is 0 Å². The van der Waals surface area contributed by atoms with E-state index in [1.807, 2.05) is 7.05 Å². The van der Waals surface area contributed by atoms with E-state index in [2.05, 4.69) is 10.2 Å². The number of nitrogens with zero attached hydrogens (tertiary/aromatic N) is 2. The summed E-state index contributed by atoms with van der Waals surface area (Å²) in [7, 11) is 3.62. The Morgan fingerprint density at radius 3 is 2.70 bits per heavy atom. The highest BCUT2D eigenvalue weighted by Crippen LogP contribution is 2.29. The fourth-order valence-corrected chi connectivity index (χ4v) is 2.13. The second kappa shape index (κ2) is 7.44. The lowest BCUT2D eigenvalue weighted by Crippen LogP contribution is -2.43. The minimum absolute atomic E-state index is 0.185. The van der Waals surface area contributed by atoms with Crippen molar-refractivity contribution in [2.45, 2.75) is 13.3 Å². The molecule has 1 atom stereocenters. The van der Waals surface area contributed by atoms with Crippen molar-refractivity contribution >= 4 is 12.0 Å². The Hall–Kier alpha value is -1.34. The van der Waals surface area contributed by atoms with Crippen molar-refractivity contribution in [3.63, 3.8) is 0 Å². The van der Waals surface area contributed by atoms with Crippen LogP contribution < -0.4 is 5.32 Å². The second-order valence-electron chi connectivity index (χ2n) is 5.57. The largest absolute Gasteiger partial charge is 0.481 e. The maximum Gasteiger partial charge on any atom is 0.317 e. The van der Waals surface area contributed by atoms with Crippen LogP contribution in [0.15, 0.2) is 0 Å². The highest BCUT2D eigenvalue weighted by Gasteiger charge is 2.42. The number of carbonyl (C=O) groups excluding carboxylic acids is 1. The number of aliphatic carboxylic acids is 1. The molecule has 2 N–H and O–H groups in total. The highest BCUT2D eigenvalue weighted by molar-refractivity contribution is 5.79. The van der Waals surface area contributed by atoms with E-state index < -0.39 is 11.4 Å². The zero-order valence-electron chi connectivity index (χ0n) is 12.5. The van der Waals surface area contributed by atoms with Crippen LogP contribution >= 0.6 is 0 Å². The van der Waals surface area contributed by atoms with Gasteiger partial charge in [-0.1, -0.05) is 0 Å². The van der Waals surface area contributed by atoms with Gasteiger partial charge in [-0.15, -0.1) is 0 Å². The average molecular weight is 287 g/mol. The first-order valence-electron chi connectivity index (χ1n) is 6.83. The summed E-state index contributed by atoms with van der Waals surface area (Å²) in [5, 5.41) is 11.9. The molecule has 1 aliphatic heterocycles. The van der Waals surface area contributed by atoms with E-state index in [0.29, 0.717) is 26.1 Å². The molecule has 1 unspecified atom stereocenters. The number of nitrogens with one attached hydrogen (secondary N) is 1. The maximum absolute atomic E-state index is 11.9. The van der Waals surface area contributed by atoms with Crippen LogP contribution in [0.2, 0.25) is 0 Å². The van der Waals surface area contributed by atoms with Crippen LogP contribution in [0.25, 0.3) is 0 Å². The molecule has 1 heterocycles. The third-order valence-electron chi connectivity index (χ3n) is 3.72. The first-order valence-corrected chi connectivity index (χ1v) is 6.83. The number of amides is 2. The molecule has 116 valence electrons. The first kappa shape index (κ1) is 16.7. The van der Waals surface area contributed by atoms with Crippen molar-refractivity contribution in [3.8, 4) is 0 Å². The number of likely N-dealkylation sites (tertiary alicyclic amines) is 1. The molecule has 0 bridgehead atoms. The number of urea groups is 1. The molecule has 7 nitrogen and oxygen atoms in total. The number of hydrogen-bond donors (Lipinski definition) is 2. The van der Waals surface area contributed by atoms with Gasteiger partial charge >= 0.3 is 12.0 Å². The maximum atomic E-state index is 11.9. The van der Waals surface area contributed by atoms with Crippen molar-refractivity contribution < 1.29 is 19.4 Å². The molecule has 0 saturated carbocycles. The van der Waals surface area contributed by atoms with E-state index in [1.54, 1.807) is 18.9 Å². The Morgan fingerprint density at radius 2 is 2.15 bits per heavy atom. The third-order valence-corrected chi connectivity index (χ3v) is 3.72. The Labute approximate surface area is 119 Å². The number of carboxylic acids is 1. The lowest BCUT2D eigenvalue weighted by atomic mass is 9.90. The molecule has 1 fully saturated rings. The van der Waals surface area contributed by atoms with Gasteiger partial charge in [-0.25, -0.2) is 4.79 Å². The summed E-state index contributed by atoms with van der Waals surface area (Å²) < 4.78 is 4.97. The summed E-state index contributed by atoms with van der Waals surface area (Å²) in [5.41, 5.74) is -0.813. The van der Waals surface area contributed by atoms with Crippen molar-refractivity contribution in [2.24, 2.45) is 5.41 Å². The molecule has 0 aliphatic carbocycles. The summed E-state index contributed by atoms with van der Waals surface area (Å²) >= 11 is 0. The molecule has 1 rings (SSSR count). The summed E-state index contributed by atoms with van der Waals surface area (Å²) in [6.45, 7) is 5.20. The van der Waals surface area contributed by atoms with E-state index >= 15 is 0 Å². The Bertz CT molecular complexity index is 351.